The lowest BCUT2D eigenvalue weighted by Crippen LogP contribution is -2.25. The number of nitro benzene ring substituents is 1. The molecule has 0 heterocycles. The summed E-state index contributed by atoms with van der Waals surface area (Å²) in [5, 5.41) is 16.6. The van der Waals surface area contributed by atoms with Crippen molar-refractivity contribution in [1.82, 2.24) is 5.32 Å². The van der Waals surface area contributed by atoms with Gasteiger partial charge in [0, 0.05) is 40.9 Å². The van der Waals surface area contributed by atoms with Gasteiger partial charge in [-0.2, -0.15) is 0 Å². The third kappa shape index (κ3) is 7.17. The Morgan fingerprint density at radius 2 is 1.83 bits per heavy atom. The lowest BCUT2D eigenvalue weighted by atomic mass is 10.2. The smallest absolute Gasteiger partial charge is 0.306 e. The van der Waals surface area contributed by atoms with Gasteiger partial charge in [-0.25, -0.2) is 0 Å². The van der Waals surface area contributed by atoms with Crippen LogP contribution in [0.5, 0.6) is 0 Å². The van der Waals surface area contributed by atoms with Crippen LogP contribution in [0.4, 0.5) is 11.4 Å². The number of carbonyl (C=O) groups is 3. The Hall–Kier alpha value is -3.46. The van der Waals surface area contributed by atoms with Crippen LogP contribution < -0.4 is 10.6 Å². The van der Waals surface area contributed by atoms with Gasteiger partial charge in [0.05, 0.1) is 4.92 Å². The van der Waals surface area contributed by atoms with Crippen LogP contribution in [0.2, 0.25) is 5.02 Å². The number of rotatable bonds is 9. The molecule has 0 bridgehead atoms. The molecule has 10 heteroatoms. The number of aryl methyl sites for hydroxylation is 1. The third-order valence-electron chi connectivity index (χ3n) is 4.00. The van der Waals surface area contributed by atoms with Crippen molar-refractivity contribution in [3.63, 3.8) is 0 Å². The zero-order valence-corrected chi connectivity index (χ0v) is 16.9. The van der Waals surface area contributed by atoms with Crippen LogP contribution in [-0.2, 0) is 14.3 Å². The van der Waals surface area contributed by atoms with Crippen molar-refractivity contribution in [3.05, 3.63) is 68.7 Å². The van der Waals surface area contributed by atoms with Crippen LogP contribution >= 0.6 is 11.6 Å². The first-order valence-electron chi connectivity index (χ1n) is 9.00. The molecule has 0 aliphatic rings. The summed E-state index contributed by atoms with van der Waals surface area (Å²) in [7, 11) is 0. The number of nitro groups is 1. The van der Waals surface area contributed by atoms with Crippen LogP contribution in [0, 0.1) is 17.0 Å². The van der Waals surface area contributed by atoms with E-state index in [1.54, 1.807) is 31.2 Å². The number of carbonyl (C=O) groups excluding carboxylic acids is 3. The fourth-order valence-electron chi connectivity index (χ4n) is 2.44. The molecule has 0 aliphatic heterocycles. The molecule has 9 nitrogen and oxygen atoms in total. The Bertz CT molecular complexity index is 946. The first-order chi connectivity index (χ1) is 14.3. The zero-order valence-electron chi connectivity index (χ0n) is 16.1. The molecule has 0 fully saturated rings. The number of hydrogen-bond acceptors (Lipinski definition) is 6. The second-order valence-electron chi connectivity index (χ2n) is 6.33. The molecule has 2 rings (SSSR count). The number of nitrogens with zero attached hydrogens (tertiary/aromatic N) is 1. The minimum atomic E-state index is -0.613. The van der Waals surface area contributed by atoms with E-state index in [9.17, 15) is 24.5 Å². The second kappa shape index (κ2) is 10.9. The second-order valence-corrected chi connectivity index (χ2v) is 6.77. The van der Waals surface area contributed by atoms with Crippen LogP contribution in [-0.4, -0.2) is 35.9 Å². The van der Waals surface area contributed by atoms with E-state index < -0.39 is 23.4 Å². The van der Waals surface area contributed by atoms with E-state index in [-0.39, 0.29) is 30.2 Å². The van der Waals surface area contributed by atoms with Gasteiger partial charge in [0.2, 0.25) is 0 Å². The fraction of sp³-hybridized carbons (Fsp3) is 0.250. The van der Waals surface area contributed by atoms with E-state index in [1.807, 2.05) is 0 Å². The Morgan fingerprint density at radius 1 is 1.13 bits per heavy atom. The van der Waals surface area contributed by atoms with Crippen molar-refractivity contribution in [1.29, 1.82) is 0 Å². The van der Waals surface area contributed by atoms with Crippen LogP contribution in [0.25, 0.3) is 0 Å². The molecule has 0 aliphatic carbocycles. The summed E-state index contributed by atoms with van der Waals surface area (Å²) >= 11 is 5.76. The standard InChI is InChI=1S/C20H20ClN3O6/c1-13-4-9-16(11-17(13)24(28)29)23-18(25)12-30-19(26)3-2-10-22-20(27)14-5-7-15(21)8-6-14/h4-9,11H,2-3,10,12H2,1H3,(H,22,27)(H,23,25). The van der Waals surface area contributed by atoms with Crippen molar-refractivity contribution in [2.24, 2.45) is 0 Å². The average molecular weight is 434 g/mol. The van der Waals surface area contributed by atoms with Crippen molar-refractivity contribution < 1.29 is 24.0 Å². The first kappa shape index (κ1) is 22.8. The lowest BCUT2D eigenvalue weighted by molar-refractivity contribution is -0.385. The quantitative estimate of drug-likeness (QED) is 0.270. The minimum Gasteiger partial charge on any atom is -0.456 e. The molecule has 2 amide bonds. The molecule has 0 spiro atoms. The van der Waals surface area contributed by atoms with Crippen molar-refractivity contribution in [2.75, 3.05) is 18.5 Å². The predicted octanol–water partition coefficient (Wildman–Crippen LogP) is 3.25. The van der Waals surface area contributed by atoms with E-state index in [1.165, 1.54) is 18.2 Å². The molecule has 30 heavy (non-hydrogen) atoms. The van der Waals surface area contributed by atoms with E-state index in [4.69, 9.17) is 16.3 Å². The molecule has 2 aromatic rings. The molecule has 0 radical (unpaired) electrons. The van der Waals surface area contributed by atoms with Gasteiger partial charge < -0.3 is 15.4 Å². The monoisotopic (exact) mass is 433 g/mol. The molecule has 0 atom stereocenters. The van der Waals surface area contributed by atoms with Crippen molar-refractivity contribution >= 4 is 40.8 Å². The van der Waals surface area contributed by atoms with Gasteiger partial charge in [-0.15, -0.1) is 0 Å². The highest BCUT2D eigenvalue weighted by Gasteiger charge is 2.13. The highest BCUT2D eigenvalue weighted by atomic mass is 35.5. The maximum atomic E-state index is 11.9. The van der Waals surface area contributed by atoms with Gasteiger partial charge in [0.15, 0.2) is 6.61 Å². The number of hydrogen-bond donors (Lipinski definition) is 2. The lowest BCUT2D eigenvalue weighted by Gasteiger charge is -2.08. The van der Waals surface area contributed by atoms with Gasteiger partial charge in [-0.3, -0.25) is 24.5 Å². The number of benzene rings is 2. The molecule has 0 unspecified atom stereocenters. The third-order valence-corrected chi connectivity index (χ3v) is 4.26. The summed E-state index contributed by atoms with van der Waals surface area (Å²) in [5.41, 5.74) is 1.03. The van der Waals surface area contributed by atoms with Crippen LogP contribution in [0.3, 0.4) is 0 Å². The zero-order chi connectivity index (χ0) is 22.1. The van der Waals surface area contributed by atoms with E-state index >= 15 is 0 Å². The minimum absolute atomic E-state index is 0.0180. The normalized spacial score (nSPS) is 10.2. The summed E-state index contributed by atoms with van der Waals surface area (Å²) in [6.45, 7) is 1.33. The van der Waals surface area contributed by atoms with Gasteiger partial charge in [-0.1, -0.05) is 17.7 Å². The summed E-state index contributed by atoms with van der Waals surface area (Å²) in [5.74, 6) is -1.50. The van der Waals surface area contributed by atoms with Crippen molar-refractivity contribution in [2.45, 2.75) is 19.8 Å². The topological polar surface area (TPSA) is 128 Å². The maximum Gasteiger partial charge on any atom is 0.306 e. The summed E-state index contributed by atoms with van der Waals surface area (Å²) in [6.07, 6.45) is 0.355. The number of ether oxygens (including phenoxy) is 1. The van der Waals surface area contributed by atoms with E-state index in [2.05, 4.69) is 10.6 Å². The number of amides is 2. The number of nitrogens with one attached hydrogen (secondary N) is 2. The van der Waals surface area contributed by atoms with Crippen LogP contribution in [0.15, 0.2) is 42.5 Å². The highest BCUT2D eigenvalue weighted by Crippen LogP contribution is 2.22. The van der Waals surface area contributed by atoms with Gasteiger partial charge in [0.1, 0.15) is 0 Å². The molecule has 0 aromatic heterocycles. The first-order valence-corrected chi connectivity index (χ1v) is 9.38. The molecule has 0 saturated heterocycles. The van der Waals surface area contributed by atoms with Gasteiger partial charge in [0.25, 0.3) is 17.5 Å². The number of anilines is 1. The Balaban J connectivity index is 1.67. The Labute approximate surface area is 177 Å². The summed E-state index contributed by atoms with van der Waals surface area (Å²) in [4.78, 5) is 45.9. The van der Waals surface area contributed by atoms with E-state index in [0.717, 1.165) is 0 Å². The molecule has 0 saturated carbocycles. The largest absolute Gasteiger partial charge is 0.456 e. The van der Waals surface area contributed by atoms with Crippen LogP contribution in [0.1, 0.15) is 28.8 Å². The SMILES string of the molecule is Cc1ccc(NC(=O)COC(=O)CCCNC(=O)c2ccc(Cl)cc2)cc1[N+](=O)[O-]. The van der Waals surface area contributed by atoms with Gasteiger partial charge in [-0.05, 0) is 43.7 Å². The Morgan fingerprint density at radius 3 is 2.50 bits per heavy atom. The van der Waals surface area contributed by atoms with Crippen molar-refractivity contribution in [3.8, 4) is 0 Å². The highest BCUT2D eigenvalue weighted by molar-refractivity contribution is 6.30. The molecule has 2 aromatic carbocycles. The number of esters is 1. The maximum absolute atomic E-state index is 11.9. The molecule has 2 N–H and O–H groups in total. The molecule has 158 valence electrons. The number of halogens is 1. The molecular formula is C20H20ClN3O6. The summed E-state index contributed by atoms with van der Waals surface area (Å²) in [6, 6.07) is 10.7. The van der Waals surface area contributed by atoms with Gasteiger partial charge >= 0.3 is 5.97 Å². The average Bonchev–Trinajstić information content (AvgIpc) is 2.71. The predicted molar refractivity (Wildman–Crippen MR) is 110 cm³/mol. The molecular weight excluding hydrogens is 414 g/mol. The fourth-order valence-corrected chi connectivity index (χ4v) is 2.56. The van der Waals surface area contributed by atoms with E-state index in [0.29, 0.717) is 22.6 Å². The summed E-state index contributed by atoms with van der Waals surface area (Å²) < 4.78 is 4.87. The Kier molecular flexibility index (Phi) is 8.30.